The van der Waals surface area contributed by atoms with E-state index in [0.717, 1.165) is 12.8 Å². The van der Waals surface area contributed by atoms with E-state index in [9.17, 15) is 0 Å². The van der Waals surface area contributed by atoms with Crippen LogP contribution in [-0.4, -0.2) is 12.3 Å². The second-order valence-electron chi connectivity index (χ2n) is 33.8. The highest BCUT2D eigenvalue weighted by molar-refractivity contribution is 7.26. The van der Waals surface area contributed by atoms with Crippen LogP contribution in [0.25, 0.3) is 10.1 Å². The molecule has 2 unspecified atom stereocenters. The number of nitrogens with zero attached hydrogens (tertiary/aromatic N) is 3. The zero-order valence-electron chi connectivity index (χ0n) is 54.6. The van der Waals surface area contributed by atoms with E-state index in [4.69, 9.17) is 6.58 Å². The molecule has 2 atom stereocenters. The van der Waals surface area contributed by atoms with Crippen LogP contribution in [0.3, 0.4) is 0 Å². The molecule has 2 fully saturated rings. The molecule has 10 aliphatic rings. The van der Waals surface area contributed by atoms with E-state index in [1.165, 1.54) is 182 Å². The molecule has 0 spiro atoms. The van der Waals surface area contributed by atoms with E-state index in [0.29, 0.717) is 0 Å². The molecule has 436 valence electrons. The SMILES string of the molecule is C=C/C(=C\C1=C(C)C(C)(C)CCC1(C)C)N1c2cc(N3c4ccccc4C4(C)CCCCC34C)cc3c2B(c2cc4c(cc2N3c2ccc3c(c2)C(C)(C)CCC3(C)C)C(C)(C)CCC4(C)C)c2c1sc1cc3c(cc21)C1(C)CCC3(C)CC1. The maximum absolute atomic E-state index is 4.89. The summed E-state index contributed by atoms with van der Waals surface area (Å²) in [5.74, 6) is 0. The summed E-state index contributed by atoms with van der Waals surface area (Å²) in [4.78, 5) is 8.49. The van der Waals surface area contributed by atoms with Crippen molar-refractivity contribution in [1.29, 1.82) is 0 Å². The minimum atomic E-state index is -0.132. The van der Waals surface area contributed by atoms with Crippen LogP contribution in [0, 0.1) is 10.8 Å². The van der Waals surface area contributed by atoms with Gasteiger partial charge in [0, 0.05) is 49.9 Å². The van der Waals surface area contributed by atoms with E-state index >= 15 is 0 Å². The molecule has 5 heteroatoms. The third-order valence-electron chi connectivity index (χ3n) is 26.2. The van der Waals surface area contributed by atoms with Crippen LogP contribution in [0.15, 0.2) is 114 Å². The Hall–Kier alpha value is -5.26. The van der Waals surface area contributed by atoms with Crippen molar-refractivity contribution < 1.29 is 0 Å². The Labute approximate surface area is 510 Å². The number of rotatable bonds is 5. The highest BCUT2D eigenvalue weighted by Gasteiger charge is 2.59. The van der Waals surface area contributed by atoms with E-state index in [1.807, 2.05) is 0 Å². The van der Waals surface area contributed by atoms with Gasteiger partial charge in [-0.2, -0.15) is 0 Å². The minimum absolute atomic E-state index is 0.00216. The fourth-order valence-electron chi connectivity index (χ4n) is 19.5. The summed E-state index contributed by atoms with van der Waals surface area (Å²) in [5.41, 5.74) is 27.9. The first-order valence-electron chi connectivity index (χ1n) is 33.1. The fourth-order valence-corrected chi connectivity index (χ4v) is 20.8. The van der Waals surface area contributed by atoms with Crippen molar-refractivity contribution in [3.05, 3.63) is 153 Å². The number of fused-ring (bicyclic) bond motifs is 13. The molecule has 84 heavy (non-hydrogen) atoms. The zero-order valence-corrected chi connectivity index (χ0v) is 55.4. The van der Waals surface area contributed by atoms with Crippen molar-refractivity contribution >= 4 is 83.6 Å². The van der Waals surface area contributed by atoms with Gasteiger partial charge in [-0.15, -0.1) is 11.3 Å². The topological polar surface area (TPSA) is 9.72 Å². The first kappa shape index (κ1) is 55.3. The molecule has 7 aliphatic carbocycles. The lowest BCUT2D eigenvalue weighted by atomic mass is 9.33. The van der Waals surface area contributed by atoms with Crippen molar-refractivity contribution in [3.8, 4) is 0 Å². The van der Waals surface area contributed by atoms with Gasteiger partial charge in [0.05, 0.1) is 10.5 Å². The quantitative estimate of drug-likeness (QED) is 0.126. The molecule has 4 heterocycles. The number of allylic oxidation sites excluding steroid dienone is 4. The molecule has 6 aromatic rings. The van der Waals surface area contributed by atoms with Crippen LogP contribution in [-0.2, 0) is 37.9 Å². The Morgan fingerprint density at radius 1 is 0.488 bits per heavy atom. The van der Waals surface area contributed by atoms with E-state index < -0.39 is 0 Å². The van der Waals surface area contributed by atoms with Crippen molar-refractivity contribution in [2.75, 3.05) is 14.7 Å². The Bertz CT molecular complexity index is 3950. The lowest BCUT2D eigenvalue weighted by Gasteiger charge is -2.52. The van der Waals surface area contributed by atoms with Crippen LogP contribution in [0.4, 0.5) is 39.1 Å². The van der Waals surface area contributed by atoms with Crippen LogP contribution >= 0.6 is 11.3 Å². The normalized spacial score (nSPS) is 29.3. The average molecular weight is 1130 g/mol. The summed E-state index contributed by atoms with van der Waals surface area (Å²) < 4.78 is 1.44. The molecule has 0 amide bonds. The predicted molar refractivity (Wildman–Crippen MR) is 364 cm³/mol. The maximum atomic E-state index is 4.89. The zero-order chi connectivity index (χ0) is 59.2. The van der Waals surface area contributed by atoms with Gasteiger partial charge in [-0.1, -0.05) is 159 Å². The number of thiophene rings is 1. The molecule has 0 saturated heterocycles. The molecule has 3 nitrogen and oxygen atoms in total. The molecule has 0 N–H and O–H groups in total. The van der Waals surface area contributed by atoms with E-state index in [-0.39, 0.29) is 61.0 Å². The highest BCUT2D eigenvalue weighted by Crippen LogP contribution is 2.64. The monoisotopic (exact) mass is 1130 g/mol. The van der Waals surface area contributed by atoms with Gasteiger partial charge in [0.2, 0.25) is 0 Å². The van der Waals surface area contributed by atoms with Gasteiger partial charge in [0.25, 0.3) is 6.71 Å². The van der Waals surface area contributed by atoms with Crippen LogP contribution < -0.4 is 31.1 Å². The van der Waals surface area contributed by atoms with Gasteiger partial charge in [-0.05, 0) is 261 Å². The Morgan fingerprint density at radius 3 is 1.73 bits per heavy atom. The number of para-hydroxylation sites is 1. The Morgan fingerprint density at radius 2 is 1.06 bits per heavy atom. The average Bonchev–Trinajstić information content (AvgIpc) is 1.39. The molecule has 1 aromatic heterocycles. The summed E-state index contributed by atoms with van der Waals surface area (Å²) in [5, 5.41) is 2.84. The second-order valence-corrected chi connectivity index (χ2v) is 34.8. The van der Waals surface area contributed by atoms with Crippen LogP contribution in [0.2, 0.25) is 0 Å². The summed E-state index contributed by atoms with van der Waals surface area (Å²) in [7, 11) is 0. The molecule has 2 saturated carbocycles. The molecule has 0 radical (unpaired) electrons. The summed E-state index contributed by atoms with van der Waals surface area (Å²) in [6.07, 6.45) is 21.9. The van der Waals surface area contributed by atoms with Gasteiger partial charge in [-0.25, -0.2) is 0 Å². The lowest BCUT2D eigenvalue weighted by Crippen LogP contribution is -2.62. The molecule has 2 bridgehead atoms. The first-order valence-corrected chi connectivity index (χ1v) is 33.9. The van der Waals surface area contributed by atoms with Crippen molar-refractivity contribution in [1.82, 2.24) is 0 Å². The summed E-state index contributed by atoms with van der Waals surface area (Å²) >= 11 is 2.08. The number of hydrogen-bond donors (Lipinski definition) is 0. The van der Waals surface area contributed by atoms with Crippen molar-refractivity contribution in [2.24, 2.45) is 10.8 Å². The fraction of sp³-hybridized carbons (Fsp3) is 0.519. The van der Waals surface area contributed by atoms with Crippen molar-refractivity contribution in [3.63, 3.8) is 0 Å². The van der Waals surface area contributed by atoms with E-state index in [2.05, 4.69) is 235 Å². The Balaban J connectivity index is 1.12. The number of hydrogen-bond acceptors (Lipinski definition) is 4. The highest BCUT2D eigenvalue weighted by atomic mass is 32.1. The van der Waals surface area contributed by atoms with E-state index in [1.54, 1.807) is 16.7 Å². The van der Waals surface area contributed by atoms with Gasteiger partial charge >= 0.3 is 0 Å². The Kier molecular flexibility index (Phi) is 11.4. The standard InChI is InChI=1S/C79H96BN3S/c1-19-49(40-55-48(2)70(3,4)30-31-72(55,7)8)82-65-43-51(83-62-25-21-20-24-54(62)78(17)28-22-23-29-79(78,83)18)42-64-68(65)80(67-52-44-59-60(47-66(52)84-69(67)82)77(16)38-36-76(59,15)37-39-77)61-45-57-58(75(13,14)35-34-74(57,11)12)46-63(61)81(64)50-26-27-53-56(41-50)73(9,10)33-32-71(53,5)6/h19-21,24-27,40-47H,1,22-23,28-39H2,2-18H3/b49-40+. The minimum Gasteiger partial charge on any atom is -0.334 e. The van der Waals surface area contributed by atoms with Gasteiger partial charge in [0.1, 0.15) is 0 Å². The molecular formula is C79H96BN3S. The molecule has 5 aromatic carbocycles. The smallest absolute Gasteiger partial charge is 0.254 e. The molecule has 16 rings (SSSR count). The van der Waals surface area contributed by atoms with Crippen LogP contribution in [0.1, 0.15) is 247 Å². The van der Waals surface area contributed by atoms with Gasteiger partial charge in [-0.3, -0.25) is 0 Å². The third-order valence-corrected chi connectivity index (χ3v) is 27.3. The van der Waals surface area contributed by atoms with Gasteiger partial charge in [0.15, 0.2) is 0 Å². The van der Waals surface area contributed by atoms with Crippen LogP contribution in [0.5, 0.6) is 0 Å². The largest absolute Gasteiger partial charge is 0.334 e. The second kappa shape index (κ2) is 17.3. The lowest BCUT2D eigenvalue weighted by molar-refractivity contribution is 0.188. The molecule has 3 aliphatic heterocycles. The van der Waals surface area contributed by atoms with Gasteiger partial charge < -0.3 is 14.7 Å². The number of benzene rings is 5. The number of anilines is 7. The summed E-state index contributed by atoms with van der Waals surface area (Å²) in [6, 6.07) is 33.8. The first-order chi connectivity index (χ1) is 39.4. The third kappa shape index (κ3) is 7.29. The van der Waals surface area contributed by atoms with Crippen molar-refractivity contribution in [2.45, 2.75) is 251 Å². The predicted octanol–water partition coefficient (Wildman–Crippen LogP) is 20.4. The molecular weight excluding hydrogens is 1030 g/mol. The summed E-state index contributed by atoms with van der Waals surface area (Å²) in [6.45, 7) is 47.9. The maximum Gasteiger partial charge on any atom is 0.254 e.